The van der Waals surface area contributed by atoms with Crippen LogP contribution in [0.25, 0.3) is 0 Å². The molecule has 1 N–H and O–H groups in total. The predicted octanol–water partition coefficient (Wildman–Crippen LogP) is 4.38. The van der Waals surface area contributed by atoms with E-state index >= 15 is 0 Å². The summed E-state index contributed by atoms with van der Waals surface area (Å²) in [5.41, 5.74) is 1.82. The number of hydrogen-bond donors (Lipinski definition) is 1. The second-order valence-corrected chi connectivity index (χ2v) is 8.69. The number of thiazole rings is 1. The number of rotatable bonds is 10. The predicted molar refractivity (Wildman–Crippen MR) is 125 cm³/mol. The highest BCUT2D eigenvalue weighted by Gasteiger charge is 2.26. The second kappa shape index (κ2) is 11.3. The van der Waals surface area contributed by atoms with Crippen molar-refractivity contribution in [1.29, 1.82) is 0 Å². The lowest BCUT2D eigenvalue weighted by Gasteiger charge is -2.19. The van der Waals surface area contributed by atoms with Gasteiger partial charge in [0.2, 0.25) is 5.91 Å². The van der Waals surface area contributed by atoms with Crippen molar-refractivity contribution in [2.75, 3.05) is 0 Å². The minimum Gasteiger partial charge on any atom is -0.463 e. The molecule has 0 aliphatic rings. The van der Waals surface area contributed by atoms with Gasteiger partial charge in [0.25, 0.3) is 5.69 Å². The first-order valence-corrected chi connectivity index (χ1v) is 11.4. The third-order valence-corrected chi connectivity index (χ3v) is 5.62. The standard InChI is InChI=1S/C24H25N3O5S/c1-16(2)32-24(29)14-20(19-10-6-7-11-21(19)27(30)31)26-22(28)13-18-15-33-23(25-18)12-17-8-4-3-5-9-17/h3-11,15-16,20H,12-14H2,1-2H3,(H,26,28). The van der Waals surface area contributed by atoms with Crippen LogP contribution >= 0.6 is 11.3 Å². The van der Waals surface area contributed by atoms with Gasteiger partial charge in [0, 0.05) is 17.9 Å². The van der Waals surface area contributed by atoms with Crippen LogP contribution in [-0.4, -0.2) is 27.9 Å². The van der Waals surface area contributed by atoms with Gasteiger partial charge < -0.3 is 10.1 Å². The number of carbonyl (C=O) groups excluding carboxylic acids is 2. The summed E-state index contributed by atoms with van der Waals surface area (Å²) in [7, 11) is 0. The average Bonchev–Trinajstić information content (AvgIpc) is 3.19. The molecule has 3 aromatic rings. The minimum atomic E-state index is -0.896. The molecular weight excluding hydrogens is 442 g/mol. The minimum absolute atomic E-state index is 0.00164. The maximum Gasteiger partial charge on any atom is 0.308 e. The number of esters is 1. The number of aromatic nitrogens is 1. The first-order valence-electron chi connectivity index (χ1n) is 10.5. The highest BCUT2D eigenvalue weighted by atomic mass is 32.1. The molecule has 8 nitrogen and oxygen atoms in total. The largest absolute Gasteiger partial charge is 0.463 e. The van der Waals surface area contributed by atoms with Crippen molar-refractivity contribution < 1.29 is 19.2 Å². The Kier molecular flexibility index (Phi) is 8.26. The van der Waals surface area contributed by atoms with Crippen LogP contribution in [0.5, 0.6) is 0 Å². The van der Waals surface area contributed by atoms with Crippen LogP contribution in [0.15, 0.2) is 60.0 Å². The van der Waals surface area contributed by atoms with Crippen LogP contribution in [0.4, 0.5) is 5.69 Å². The molecule has 1 aromatic heterocycles. The molecule has 172 valence electrons. The van der Waals surface area contributed by atoms with Crippen LogP contribution in [0, 0.1) is 10.1 Å². The Morgan fingerprint density at radius 3 is 2.52 bits per heavy atom. The number of para-hydroxylation sites is 1. The number of nitro benzene ring substituents is 1. The molecule has 0 saturated carbocycles. The molecule has 0 aliphatic heterocycles. The van der Waals surface area contributed by atoms with Crippen molar-refractivity contribution in [2.45, 2.75) is 45.3 Å². The van der Waals surface area contributed by atoms with Crippen molar-refractivity contribution in [2.24, 2.45) is 0 Å². The van der Waals surface area contributed by atoms with Crippen LogP contribution in [-0.2, 0) is 27.2 Å². The van der Waals surface area contributed by atoms with E-state index in [4.69, 9.17) is 4.74 Å². The number of nitrogens with one attached hydrogen (secondary N) is 1. The lowest BCUT2D eigenvalue weighted by molar-refractivity contribution is -0.385. The zero-order chi connectivity index (χ0) is 23.8. The number of benzene rings is 2. The summed E-state index contributed by atoms with van der Waals surface area (Å²) in [5, 5.41) is 17.0. The van der Waals surface area contributed by atoms with Gasteiger partial charge in [-0.2, -0.15) is 0 Å². The highest BCUT2D eigenvalue weighted by molar-refractivity contribution is 7.09. The van der Waals surface area contributed by atoms with Crippen LogP contribution in [0.3, 0.4) is 0 Å². The van der Waals surface area contributed by atoms with E-state index in [9.17, 15) is 19.7 Å². The Hall–Kier alpha value is -3.59. The smallest absolute Gasteiger partial charge is 0.308 e. The number of carbonyl (C=O) groups is 2. The quantitative estimate of drug-likeness (QED) is 0.269. The molecule has 0 spiro atoms. The average molecular weight is 468 g/mol. The van der Waals surface area contributed by atoms with Crippen molar-refractivity contribution in [3.05, 3.63) is 91.9 Å². The summed E-state index contributed by atoms with van der Waals surface area (Å²) in [6, 6.07) is 15.1. The fourth-order valence-corrected chi connectivity index (χ4v) is 4.18. The first kappa shape index (κ1) is 24.1. The van der Waals surface area contributed by atoms with E-state index in [0.717, 1.165) is 10.6 Å². The first-order chi connectivity index (χ1) is 15.8. The molecule has 1 unspecified atom stereocenters. The summed E-state index contributed by atoms with van der Waals surface area (Å²) in [6.45, 7) is 3.43. The number of ether oxygens (including phenoxy) is 1. The van der Waals surface area contributed by atoms with Gasteiger partial charge in [-0.05, 0) is 19.4 Å². The SMILES string of the molecule is CC(C)OC(=O)CC(NC(=O)Cc1csc(Cc2ccccc2)n1)c1ccccc1[N+](=O)[O-]. The second-order valence-electron chi connectivity index (χ2n) is 7.75. The van der Waals surface area contributed by atoms with Crippen molar-refractivity contribution in [1.82, 2.24) is 10.3 Å². The van der Waals surface area contributed by atoms with Crippen molar-refractivity contribution >= 4 is 28.9 Å². The maximum atomic E-state index is 12.8. The Morgan fingerprint density at radius 2 is 1.82 bits per heavy atom. The third-order valence-electron chi connectivity index (χ3n) is 4.72. The van der Waals surface area contributed by atoms with Gasteiger partial charge in [0.15, 0.2) is 0 Å². The monoisotopic (exact) mass is 467 g/mol. The zero-order valence-corrected chi connectivity index (χ0v) is 19.2. The van der Waals surface area contributed by atoms with Gasteiger partial charge in [-0.25, -0.2) is 4.98 Å². The van der Waals surface area contributed by atoms with E-state index < -0.39 is 16.9 Å². The van der Waals surface area contributed by atoms with Crippen LogP contribution in [0.2, 0.25) is 0 Å². The summed E-state index contributed by atoms with van der Waals surface area (Å²) in [4.78, 5) is 40.5. The number of hydrogen-bond acceptors (Lipinski definition) is 7. The third kappa shape index (κ3) is 7.21. The fourth-order valence-electron chi connectivity index (χ4n) is 3.36. The topological polar surface area (TPSA) is 111 Å². The van der Waals surface area contributed by atoms with Crippen LogP contribution < -0.4 is 5.32 Å². The van der Waals surface area contributed by atoms with Crippen molar-refractivity contribution in [3.63, 3.8) is 0 Å². The van der Waals surface area contributed by atoms with Gasteiger partial charge in [-0.1, -0.05) is 48.5 Å². The zero-order valence-electron chi connectivity index (χ0n) is 18.4. The van der Waals surface area contributed by atoms with Gasteiger partial charge in [0.05, 0.1) is 46.2 Å². The normalized spacial score (nSPS) is 11.7. The molecule has 33 heavy (non-hydrogen) atoms. The Morgan fingerprint density at radius 1 is 1.12 bits per heavy atom. The molecule has 0 aliphatic carbocycles. The Bertz CT molecular complexity index is 1110. The van der Waals surface area contributed by atoms with Gasteiger partial charge in [-0.15, -0.1) is 11.3 Å². The van der Waals surface area contributed by atoms with Crippen molar-refractivity contribution in [3.8, 4) is 0 Å². The molecule has 2 aromatic carbocycles. The highest BCUT2D eigenvalue weighted by Crippen LogP contribution is 2.28. The molecule has 0 bridgehead atoms. The Balaban J connectivity index is 1.72. The molecule has 9 heteroatoms. The van der Waals surface area contributed by atoms with E-state index in [1.54, 1.807) is 19.9 Å². The number of nitrogens with zero attached hydrogens (tertiary/aromatic N) is 2. The molecule has 1 atom stereocenters. The Labute approximate surface area is 195 Å². The maximum absolute atomic E-state index is 12.8. The van der Waals surface area contributed by atoms with E-state index in [0.29, 0.717) is 12.1 Å². The van der Waals surface area contributed by atoms with E-state index in [1.807, 2.05) is 35.7 Å². The molecule has 0 fully saturated rings. The van der Waals surface area contributed by atoms with Gasteiger partial charge in [0.1, 0.15) is 0 Å². The molecule has 0 saturated heterocycles. The summed E-state index contributed by atoms with van der Waals surface area (Å²) >= 11 is 1.47. The number of nitro groups is 1. The van der Waals surface area contributed by atoms with E-state index in [2.05, 4.69) is 10.3 Å². The molecule has 1 heterocycles. The van der Waals surface area contributed by atoms with Gasteiger partial charge >= 0.3 is 5.97 Å². The fraction of sp³-hybridized carbons (Fsp3) is 0.292. The van der Waals surface area contributed by atoms with Crippen LogP contribution in [0.1, 0.15) is 48.1 Å². The summed E-state index contributed by atoms with van der Waals surface area (Å²) < 4.78 is 5.19. The summed E-state index contributed by atoms with van der Waals surface area (Å²) in [6.07, 6.45) is 0.123. The lowest BCUT2D eigenvalue weighted by atomic mass is 10.0. The molecule has 3 rings (SSSR count). The summed E-state index contributed by atoms with van der Waals surface area (Å²) in [5.74, 6) is -0.931. The molecular formula is C24H25N3O5S. The molecule has 0 radical (unpaired) electrons. The van der Waals surface area contributed by atoms with E-state index in [1.165, 1.54) is 29.5 Å². The number of amides is 1. The lowest BCUT2D eigenvalue weighted by Crippen LogP contribution is -2.32. The van der Waals surface area contributed by atoms with E-state index in [-0.39, 0.29) is 36.1 Å². The van der Waals surface area contributed by atoms with Gasteiger partial charge in [-0.3, -0.25) is 19.7 Å². The molecule has 1 amide bonds.